The van der Waals surface area contributed by atoms with E-state index in [0.29, 0.717) is 56.0 Å². The Morgan fingerprint density at radius 2 is 1.94 bits per heavy atom. The molecule has 2 aromatic heterocycles. The maximum absolute atomic E-state index is 13.9. The number of carbonyl (C=O) groups is 1. The molecule has 4 heterocycles. The minimum atomic E-state index is -3.65. The summed E-state index contributed by atoms with van der Waals surface area (Å²) in [5.74, 6) is -0.504. The third-order valence-electron chi connectivity index (χ3n) is 5.92. The Balaban J connectivity index is 1.22. The van der Waals surface area contributed by atoms with Gasteiger partial charge < -0.3 is 9.64 Å². The van der Waals surface area contributed by atoms with Crippen LogP contribution in [0.25, 0.3) is 10.2 Å². The summed E-state index contributed by atoms with van der Waals surface area (Å²) in [6.07, 6.45) is 2.34. The lowest BCUT2D eigenvalue weighted by atomic mass is 10.1. The zero-order valence-corrected chi connectivity index (χ0v) is 19.6. The molecule has 2 aliphatic heterocycles. The van der Waals surface area contributed by atoms with E-state index in [1.807, 2.05) is 6.07 Å². The lowest BCUT2D eigenvalue weighted by Gasteiger charge is -2.34. The Bertz CT molecular complexity index is 1220. The lowest BCUT2D eigenvalue weighted by molar-refractivity contribution is -0.136. The molecule has 0 N–H and O–H groups in total. The fourth-order valence-corrected chi connectivity index (χ4v) is 7.96. The Morgan fingerprint density at radius 1 is 1.12 bits per heavy atom. The highest BCUT2D eigenvalue weighted by atomic mass is 32.2. The quantitative estimate of drug-likeness (QED) is 0.539. The first-order valence-electron chi connectivity index (χ1n) is 10.5. The van der Waals surface area contributed by atoms with Crippen molar-refractivity contribution in [1.29, 1.82) is 0 Å². The minimum Gasteiger partial charge on any atom is -0.467 e. The Hall–Kier alpha value is -2.08. The number of rotatable bonds is 5. The Labute approximate surface area is 193 Å². The fourth-order valence-electron chi connectivity index (χ4n) is 4.29. The first-order valence-corrected chi connectivity index (χ1v) is 13.6. The number of hydrogen-bond acceptors (Lipinski definition) is 7. The van der Waals surface area contributed by atoms with Crippen LogP contribution in [0.1, 0.15) is 25.7 Å². The SMILES string of the molecule is O=C(C1CCCN1S(=O)(=O)c1cccs1)N1CCC(Oc2nc3c(F)cccc3s2)CC1. The number of hydrogen-bond donors (Lipinski definition) is 0. The number of sulfonamides is 1. The molecule has 0 spiro atoms. The normalized spacial score (nSPS) is 20.8. The average Bonchev–Trinajstić information content (AvgIpc) is 3.54. The summed E-state index contributed by atoms with van der Waals surface area (Å²) in [6, 6.07) is 7.47. The molecule has 11 heteroatoms. The molecule has 2 fully saturated rings. The number of nitrogens with zero attached hydrogens (tertiary/aromatic N) is 3. The van der Waals surface area contributed by atoms with E-state index in [9.17, 15) is 17.6 Å². The van der Waals surface area contributed by atoms with Gasteiger partial charge in [0.25, 0.3) is 15.2 Å². The molecule has 1 amide bonds. The Morgan fingerprint density at radius 3 is 2.66 bits per heavy atom. The molecule has 0 radical (unpaired) electrons. The van der Waals surface area contributed by atoms with Crippen molar-refractivity contribution in [3.05, 3.63) is 41.5 Å². The predicted molar refractivity (Wildman–Crippen MR) is 121 cm³/mol. The summed E-state index contributed by atoms with van der Waals surface area (Å²) < 4.78 is 48.1. The van der Waals surface area contributed by atoms with Crippen LogP contribution >= 0.6 is 22.7 Å². The summed E-state index contributed by atoms with van der Waals surface area (Å²) >= 11 is 2.48. The third kappa shape index (κ3) is 4.02. The average molecular weight is 496 g/mol. The van der Waals surface area contributed by atoms with E-state index in [-0.39, 0.29) is 22.0 Å². The van der Waals surface area contributed by atoms with Crippen LogP contribution in [0.2, 0.25) is 0 Å². The van der Waals surface area contributed by atoms with Crippen LogP contribution in [0.15, 0.2) is 39.9 Å². The zero-order chi connectivity index (χ0) is 22.3. The zero-order valence-electron chi connectivity index (χ0n) is 17.1. The number of fused-ring (bicyclic) bond motifs is 1. The van der Waals surface area contributed by atoms with Gasteiger partial charge in [0.05, 0.1) is 4.70 Å². The van der Waals surface area contributed by atoms with Gasteiger partial charge in [-0.25, -0.2) is 12.8 Å². The van der Waals surface area contributed by atoms with E-state index in [1.165, 1.54) is 33.0 Å². The highest BCUT2D eigenvalue weighted by Crippen LogP contribution is 2.32. The van der Waals surface area contributed by atoms with Gasteiger partial charge in [0.1, 0.15) is 27.7 Å². The van der Waals surface area contributed by atoms with Crippen molar-refractivity contribution in [2.24, 2.45) is 0 Å². The molecule has 3 aromatic rings. The number of halogens is 1. The summed E-state index contributed by atoms with van der Waals surface area (Å²) in [4.78, 5) is 19.2. The van der Waals surface area contributed by atoms with Crippen LogP contribution in [0, 0.1) is 5.82 Å². The Kier molecular flexibility index (Phi) is 5.91. The molecule has 1 aromatic carbocycles. The standard InChI is InChI=1S/C21H22FN3O4S3/c22-15-4-1-6-17-19(15)23-21(31-17)29-14-8-11-24(12-9-14)20(26)16-5-2-10-25(16)32(27,28)18-7-3-13-30-18/h1,3-4,6-7,13-14,16H,2,5,8-12H2. The molecule has 0 bridgehead atoms. The van der Waals surface area contributed by atoms with E-state index in [1.54, 1.807) is 28.5 Å². The maximum atomic E-state index is 13.9. The lowest BCUT2D eigenvalue weighted by Crippen LogP contribution is -2.50. The number of thiazole rings is 1. The topological polar surface area (TPSA) is 79.8 Å². The van der Waals surface area contributed by atoms with Gasteiger partial charge in [-0.3, -0.25) is 4.79 Å². The van der Waals surface area contributed by atoms with Crippen LogP contribution < -0.4 is 4.74 Å². The largest absolute Gasteiger partial charge is 0.467 e. The summed E-state index contributed by atoms with van der Waals surface area (Å²) in [5, 5.41) is 2.16. The number of ether oxygens (including phenoxy) is 1. The molecule has 1 unspecified atom stereocenters. The second-order valence-electron chi connectivity index (χ2n) is 7.91. The maximum Gasteiger partial charge on any atom is 0.274 e. The van der Waals surface area contributed by atoms with Crippen molar-refractivity contribution in [3.63, 3.8) is 0 Å². The number of para-hydroxylation sites is 1. The summed E-state index contributed by atoms with van der Waals surface area (Å²) in [5.41, 5.74) is 0.313. The van der Waals surface area contributed by atoms with Crippen LogP contribution in [-0.4, -0.2) is 60.3 Å². The van der Waals surface area contributed by atoms with Gasteiger partial charge in [-0.05, 0) is 36.4 Å². The molecule has 2 saturated heterocycles. The summed E-state index contributed by atoms with van der Waals surface area (Å²) in [7, 11) is -3.65. The van der Waals surface area contributed by atoms with E-state index >= 15 is 0 Å². The third-order valence-corrected chi connectivity index (χ3v) is 10.1. The van der Waals surface area contributed by atoms with Crippen LogP contribution in [-0.2, 0) is 14.8 Å². The van der Waals surface area contributed by atoms with Crippen LogP contribution in [0.3, 0.4) is 0 Å². The van der Waals surface area contributed by atoms with Gasteiger partial charge in [-0.2, -0.15) is 9.29 Å². The number of carbonyl (C=O) groups excluding carboxylic acids is 1. The molecule has 32 heavy (non-hydrogen) atoms. The van der Waals surface area contributed by atoms with Gasteiger partial charge in [0.15, 0.2) is 0 Å². The second kappa shape index (κ2) is 8.69. The highest BCUT2D eigenvalue weighted by Gasteiger charge is 2.42. The highest BCUT2D eigenvalue weighted by molar-refractivity contribution is 7.91. The molecule has 170 valence electrons. The monoisotopic (exact) mass is 495 g/mol. The summed E-state index contributed by atoms with van der Waals surface area (Å²) in [6.45, 7) is 1.35. The van der Waals surface area contributed by atoms with Crippen LogP contribution in [0.4, 0.5) is 4.39 Å². The number of piperidine rings is 1. The minimum absolute atomic E-state index is 0.114. The first-order chi connectivity index (χ1) is 15.4. The second-order valence-corrected chi connectivity index (χ2v) is 12.0. The van der Waals surface area contributed by atoms with Crippen molar-refractivity contribution < 1.29 is 22.3 Å². The number of aromatic nitrogens is 1. The molecule has 1 atom stereocenters. The van der Waals surface area contributed by atoms with Crippen LogP contribution in [0.5, 0.6) is 5.19 Å². The molecule has 0 aliphatic carbocycles. The van der Waals surface area contributed by atoms with Crippen molar-refractivity contribution in [3.8, 4) is 5.19 Å². The molecule has 2 aliphatic rings. The number of likely N-dealkylation sites (tertiary alicyclic amines) is 1. The molecular formula is C21H22FN3O4S3. The van der Waals surface area contributed by atoms with Gasteiger partial charge >= 0.3 is 0 Å². The van der Waals surface area contributed by atoms with Crippen molar-refractivity contribution in [2.75, 3.05) is 19.6 Å². The molecular weight excluding hydrogens is 473 g/mol. The van der Waals surface area contributed by atoms with Gasteiger partial charge in [-0.1, -0.05) is 23.5 Å². The van der Waals surface area contributed by atoms with Gasteiger partial charge in [-0.15, -0.1) is 11.3 Å². The first kappa shape index (κ1) is 21.7. The van der Waals surface area contributed by atoms with E-state index < -0.39 is 16.1 Å². The van der Waals surface area contributed by atoms with E-state index in [0.717, 1.165) is 4.70 Å². The van der Waals surface area contributed by atoms with Crippen molar-refractivity contribution in [2.45, 2.75) is 42.0 Å². The smallest absolute Gasteiger partial charge is 0.274 e. The van der Waals surface area contributed by atoms with E-state index in [4.69, 9.17) is 4.74 Å². The van der Waals surface area contributed by atoms with Crippen molar-refractivity contribution in [1.82, 2.24) is 14.2 Å². The molecule has 0 saturated carbocycles. The van der Waals surface area contributed by atoms with E-state index in [2.05, 4.69) is 4.98 Å². The molecule has 5 rings (SSSR count). The predicted octanol–water partition coefficient (Wildman–Crippen LogP) is 3.72. The number of amides is 1. The number of benzene rings is 1. The molecule has 7 nitrogen and oxygen atoms in total. The van der Waals surface area contributed by atoms with Gasteiger partial charge in [0.2, 0.25) is 5.91 Å². The number of thiophene rings is 1. The van der Waals surface area contributed by atoms with Crippen molar-refractivity contribution >= 4 is 48.8 Å². The fraction of sp³-hybridized carbons (Fsp3) is 0.429. The van der Waals surface area contributed by atoms with Gasteiger partial charge in [0, 0.05) is 32.5 Å².